The summed E-state index contributed by atoms with van der Waals surface area (Å²) in [6.45, 7) is 2.78. The van der Waals surface area contributed by atoms with Gasteiger partial charge in [0.25, 0.3) is 5.91 Å². The second kappa shape index (κ2) is 8.16. The first-order chi connectivity index (χ1) is 18.0. The molecular weight excluding hydrogens is 493 g/mol. The number of thiophene rings is 1. The Morgan fingerprint density at radius 2 is 1.97 bits per heavy atom. The fourth-order valence-electron chi connectivity index (χ4n) is 6.06. The Morgan fingerprint density at radius 1 is 1.14 bits per heavy atom. The SMILES string of the molecule is CC1C=CC2=C(c3ccsc3-c3ccccc3[C@@H]2N2[C@H]3COCCN3C(=O)c3c(O)c(=O)ccn32)C1F. The van der Waals surface area contributed by atoms with E-state index in [9.17, 15) is 14.7 Å². The Bertz CT molecular complexity index is 1570. The highest BCUT2D eigenvalue weighted by molar-refractivity contribution is 7.14. The summed E-state index contributed by atoms with van der Waals surface area (Å²) in [7, 11) is 0. The lowest BCUT2D eigenvalue weighted by molar-refractivity contribution is -0.0197. The molecule has 0 saturated carbocycles. The molecule has 1 N–H and O–H groups in total. The largest absolute Gasteiger partial charge is 0.502 e. The lowest BCUT2D eigenvalue weighted by atomic mass is 9.82. The minimum atomic E-state index is -1.21. The van der Waals surface area contributed by atoms with Crippen LogP contribution in [0.4, 0.5) is 4.39 Å². The molecule has 2 unspecified atom stereocenters. The molecule has 0 radical (unpaired) electrons. The van der Waals surface area contributed by atoms with Crippen LogP contribution in [-0.4, -0.2) is 52.7 Å². The summed E-state index contributed by atoms with van der Waals surface area (Å²) in [6.07, 6.45) is 3.68. The van der Waals surface area contributed by atoms with Crippen LogP contribution in [-0.2, 0) is 4.74 Å². The van der Waals surface area contributed by atoms with Crippen molar-refractivity contribution >= 4 is 22.8 Å². The van der Waals surface area contributed by atoms with Gasteiger partial charge in [0.05, 0.1) is 19.3 Å². The van der Waals surface area contributed by atoms with Gasteiger partial charge < -0.3 is 14.7 Å². The van der Waals surface area contributed by atoms with Crippen molar-refractivity contribution in [3.8, 4) is 16.2 Å². The van der Waals surface area contributed by atoms with E-state index < -0.39 is 35.5 Å². The van der Waals surface area contributed by atoms with Gasteiger partial charge in [0.1, 0.15) is 12.3 Å². The molecule has 1 amide bonds. The second-order valence-corrected chi connectivity index (χ2v) is 10.7. The molecule has 3 aromatic rings. The number of carbonyl (C=O) groups is 1. The van der Waals surface area contributed by atoms with Crippen LogP contribution in [0, 0.1) is 5.92 Å². The van der Waals surface area contributed by atoms with Crippen LogP contribution in [0.2, 0.25) is 0 Å². The topological polar surface area (TPSA) is 75.0 Å². The Hall–Kier alpha value is -3.69. The number of hydrogen-bond acceptors (Lipinski definition) is 6. The van der Waals surface area contributed by atoms with E-state index in [1.54, 1.807) is 20.9 Å². The van der Waals surface area contributed by atoms with Crippen molar-refractivity contribution in [2.24, 2.45) is 5.92 Å². The van der Waals surface area contributed by atoms with Crippen molar-refractivity contribution in [1.82, 2.24) is 9.58 Å². The van der Waals surface area contributed by atoms with Crippen molar-refractivity contribution in [2.75, 3.05) is 24.8 Å². The predicted molar refractivity (Wildman–Crippen MR) is 139 cm³/mol. The van der Waals surface area contributed by atoms with E-state index >= 15 is 4.39 Å². The molecule has 2 aromatic heterocycles. The van der Waals surface area contributed by atoms with Gasteiger partial charge in [0.2, 0.25) is 5.43 Å². The molecule has 7 rings (SSSR count). The number of nitrogens with zero attached hydrogens (tertiary/aromatic N) is 3. The number of aromatic hydroxyl groups is 1. The summed E-state index contributed by atoms with van der Waals surface area (Å²) in [5.41, 5.74) is 3.54. The molecule has 7 nitrogen and oxygen atoms in total. The minimum absolute atomic E-state index is 0.0887. The molecule has 9 heteroatoms. The molecule has 1 fully saturated rings. The van der Waals surface area contributed by atoms with Crippen molar-refractivity contribution in [2.45, 2.75) is 25.3 Å². The first-order valence-corrected chi connectivity index (χ1v) is 13.2. The molecule has 4 aliphatic rings. The van der Waals surface area contributed by atoms with Crippen LogP contribution in [0.25, 0.3) is 16.0 Å². The number of aromatic nitrogens is 1. The molecule has 0 bridgehead atoms. The number of amides is 1. The van der Waals surface area contributed by atoms with Crippen LogP contribution >= 0.6 is 11.3 Å². The monoisotopic (exact) mass is 517 g/mol. The molecule has 188 valence electrons. The van der Waals surface area contributed by atoms with Crippen LogP contribution < -0.4 is 10.4 Å². The van der Waals surface area contributed by atoms with Gasteiger partial charge in [-0.3, -0.25) is 19.3 Å². The van der Waals surface area contributed by atoms with Crippen LogP contribution in [0.3, 0.4) is 0 Å². The first kappa shape index (κ1) is 22.5. The summed E-state index contributed by atoms with van der Waals surface area (Å²) in [4.78, 5) is 28.6. The molecule has 2 aliphatic heterocycles. The zero-order chi connectivity index (χ0) is 25.4. The highest BCUT2D eigenvalue weighted by Gasteiger charge is 2.47. The number of alkyl halides is 1. The van der Waals surface area contributed by atoms with Gasteiger partial charge in [-0.2, -0.15) is 0 Å². The molecular formula is C28H24FN3O4S. The van der Waals surface area contributed by atoms with Crippen molar-refractivity contribution in [1.29, 1.82) is 0 Å². The third-order valence-electron chi connectivity index (χ3n) is 7.82. The standard InChI is InChI=1S/C28H24FN3O4S/c1-15-6-7-18-22(23(15)29)19-9-13-37-27(19)17-5-3-2-4-16(17)24(18)32-21-14-36-12-11-30(21)28(35)25-26(34)20(33)8-10-31(25)32/h2-10,13,15,21,23-24,34H,11-12,14H2,1H3/t15?,21-,23?,24-/m0/s1. The van der Waals surface area contributed by atoms with Crippen molar-refractivity contribution < 1.29 is 19.0 Å². The van der Waals surface area contributed by atoms with Crippen molar-refractivity contribution in [3.05, 3.63) is 92.7 Å². The number of pyridine rings is 1. The molecule has 0 spiro atoms. The van der Waals surface area contributed by atoms with Crippen LogP contribution in [0.1, 0.15) is 34.6 Å². The smallest absolute Gasteiger partial charge is 0.278 e. The number of benzene rings is 1. The van der Waals surface area contributed by atoms with E-state index in [1.807, 2.05) is 59.8 Å². The van der Waals surface area contributed by atoms with Gasteiger partial charge in [-0.1, -0.05) is 43.3 Å². The van der Waals surface area contributed by atoms with E-state index in [1.165, 1.54) is 12.3 Å². The predicted octanol–water partition coefficient (Wildman–Crippen LogP) is 4.09. The fraction of sp³-hybridized carbons (Fsp3) is 0.286. The maximum atomic E-state index is 16.1. The number of halogens is 1. The average molecular weight is 518 g/mol. The number of hydrogen-bond donors (Lipinski definition) is 1. The van der Waals surface area contributed by atoms with Gasteiger partial charge in [0, 0.05) is 35.2 Å². The number of allylic oxidation sites excluding steroid dienone is 2. The number of rotatable bonds is 1. The van der Waals surface area contributed by atoms with Gasteiger partial charge in [-0.05, 0) is 33.7 Å². The van der Waals surface area contributed by atoms with Crippen LogP contribution in [0.5, 0.6) is 5.75 Å². The van der Waals surface area contributed by atoms with E-state index in [-0.39, 0.29) is 18.2 Å². The molecule has 4 atom stereocenters. The molecule has 1 aromatic carbocycles. The van der Waals surface area contributed by atoms with E-state index in [4.69, 9.17) is 4.74 Å². The summed E-state index contributed by atoms with van der Waals surface area (Å²) in [5, 5.41) is 14.7. The van der Waals surface area contributed by atoms with Crippen LogP contribution in [0.15, 0.2) is 70.5 Å². The average Bonchev–Trinajstić information content (AvgIpc) is 3.35. The normalized spacial score (nSPS) is 26.2. The highest BCUT2D eigenvalue weighted by Crippen LogP contribution is 2.51. The maximum absolute atomic E-state index is 16.1. The molecule has 37 heavy (non-hydrogen) atoms. The number of morpholine rings is 1. The Morgan fingerprint density at radius 3 is 2.84 bits per heavy atom. The van der Waals surface area contributed by atoms with Gasteiger partial charge >= 0.3 is 0 Å². The zero-order valence-electron chi connectivity index (χ0n) is 20.0. The van der Waals surface area contributed by atoms with Gasteiger partial charge in [0.15, 0.2) is 11.4 Å². The number of carbonyl (C=O) groups excluding carboxylic acids is 1. The Kier molecular flexibility index (Phi) is 4.96. The third kappa shape index (κ3) is 3.07. The number of fused-ring (bicyclic) bond motifs is 6. The van der Waals surface area contributed by atoms with E-state index in [0.29, 0.717) is 18.7 Å². The second-order valence-electron chi connectivity index (χ2n) is 9.80. The molecule has 2 aliphatic carbocycles. The fourth-order valence-corrected chi connectivity index (χ4v) is 7.02. The lowest BCUT2D eigenvalue weighted by Crippen LogP contribution is -2.66. The maximum Gasteiger partial charge on any atom is 0.278 e. The van der Waals surface area contributed by atoms with E-state index in [2.05, 4.69) is 0 Å². The Balaban J connectivity index is 1.57. The van der Waals surface area contributed by atoms with Gasteiger partial charge in [-0.15, -0.1) is 11.3 Å². The Labute approximate surface area is 216 Å². The minimum Gasteiger partial charge on any atom is -0.502 e. The lowest BCUT2D eigenvalue weighted by Gasteiger charge is -2.51. The quantitative estimate of drug-likeness (QED) is 0.527. The third-order valence-corrected chi connectivity index (χ3v) is 8.76. The van der Waals surface area contributed by atoms with Crippen molar-refractivity contribution in [3.63, 3.8) is 0 Å². The van der Waals surface area contributed by atoms with E-state index in [0.717, 1.165) is 27.1 Å². The summed E-state index contributed by atoms with van der Waals surface area (Å²) < 4.78 is 23.5. The first-order valence-electron chi connectivity index (χ1n) is 12.3. The molecule has 4 heterocycles. The van der Waals surface area contributed by atoms with Gasteiger partial charge in [-0.25, -0.2) is 4.39 Å². The summed E-state index contributed by atoms with van der Waals surface area (Å²) in [5.74, 6) is -1.31. The summed E-state index contributed by atoms with van der Waals surface area (Å²) >= 11 is 1.58. The highest BCUT2D eigenvalue weighted by atomic mass is 32.1. The molecule has 1 saturated heterocycles. The number of ether oxygens (including phenoxy) is 1. The summed E-state index contributed by atoms with van der Waals surface area (Å²) in [6, 6.07) is 10.7. The zero-order valence-corrected chi connectivity index (χ0v) is 20.8.